The van der Waals surface area contributed by atoms with E-state index in [-0.39, 0.29) is 21.6 Å². The zero-order valence-corrected chi connectivity index (χ0v) is 14.9. The highest BCUT2D eigenvalue weighted by molar-refractivity contribution is 7.92. The van der Waals surface area contributed by atoms with Gasteiger partial charge in [0.15, 0.2) is 0 Å². The van der Waals surface area contributed by atoms with Crippen molar-refractivity contribution < 1.29 is 18.3 Å². The van der Waals surface area contributed by atoms with Crippen LogP contribution < -0.4 is 9.83 Å². The van der Waals surface area contributed by atoms with Gasteiger partial charge in [-0.2, -0.15) is 0 Å². The van der Waals surface area contributed by atoms with Crippen LogP contribution >= 0.6 is 0 Å². The molecule has 0 spiro atoms. The minimum Gasteiger partial charge on any atom is -0.545 e. The molecule has 2 aromatic carbocycles. The summed E-state index contributed by atoms with van der Waals surface area (Å²) in [5, 5.41) is 10.9. The van der Waals surface area contributed by atoms with E-state index >= 15 is 0 Å². The number of rotatable bonds is 4. The fourth-order valence-corrected chi connectivity index (χ4v) is 3.32. The van der Waals surface area contributed by atoms with Crippen LogP contribution in [0, 0.1) is 6.92 Å². The molecule has 0 saturated carbocycles. The molecule has 128 valence electrons. The number of carbonyl (C=O) groups excluding carboxylic acids is 1. The van der Waals surface area contributed by atoms with E-state index in [1.165, 1.54) is 18.2 Å². The molecule has 2 aromatic rings. The fourth-order valence-electron chi connectivity index (χ4n) is 2.20. The molecule has 0 aliphatic rings. The fraction of sp³-hybridized carbons (Fsp3) is 0.278. The molecule has 0 aromatic heterocycles. The molecule has 1 N–H and O–H groups in total. The van der Waals surface area contributed by atoms with Crippen molar-refractivity contribution in [3.8, 4) is 0 Å². The summed E-state index contributed by atoms with van der Waals surface area (Å²) in [6.07, 6.45) is 0. The molecule has 0 radical (unpaired) electrons. The monoisotopic (exact) mass is 346 g/mol. The minimum atomic E-state index is -3.80. The third-order valence-corrected chi connectivity index (χ3v) is 5.13. The summed E-state index contributed by atoms with van der Waals surface area (Å²) in [7, 11) is -3.80. The number of hydrogen-bond acceptors (Lipinski definition) is 4. The van der Waals surface area contributed by atoms with Crippen LogP contribution in [0.5, 0.6) is 0 Å². The molecule has 0 unspecified atom stereocenters. The first-order chi connectivity index (χ1) is 11.0. The van der Waals surface area contributed by atoms with Gasteiger partial charge in [0.05, 0.1) is 16.6 Å². The van der Waals surface area contributed by atoms with Crippen LogP contribution in [0.25, 0.3) is 0 Å². The van der Waals surface area contributed by atoms with Gasteiger partial charge in [-0.15, -0.1) is 0 Å². The second-order valence-corrected chi connectivity index (χ2v) is 8.38. The van der Waals surface area contributed by atoms with E-state index in [4.69, 9.17) is 0 Å². The van der Waals surface area contributed by atoms with Gasteiger partial charge in [0.25, 0.3) is 10.0 Å². The van der Waals surface area contributed by atoms with Crippen molar-refractivity contribution in [1.29, 1.82) is 0 Å². The molecule has 24 heavy (non-hydrogen) atoms. The Bertz CT molecular complexity index is 863. The van der Waals surface area contributed by atoms with Crippen molar-refractivity contribution in [2.75, 3.05) is 4.72 Å². The third kappa shape index (κ3) is 3.94. The van der Waals surface area contributed by atoms with Crippen molar-refractivity contribution in [3.05, 3.63) is 59.2 Å². The molecule has 0 heterocycles. The summed E-state index contributed by atoms with van der Waals surface area (Å²) in [6.45, 7) is 7.83. The lowest BCUT2D eigenvalue weighted by molar-refractivity contribution is -0.255. The number of anilines is 1. The van der Waals surface area contributed by atoms with Crippen molar-refractivity contribution in [3.63, 3.8) is 0 Å². The van der Waals surface area contributed by atoms with E-state index in [2.05, 4.69) is 4.72 Å². The first-order valence-electron chi connectivity index (χ1n) is 7.46. The Balaban J connectivity index is 2.35. The standard InChI is InChI=1S/C18H21NO4S/c1-12-5-6-13(17(20)21)11-16(12)19-24(22,23)15-9-7-14(8-10-15)18(2,3)4/h5-11,19H,1-4H3,(H,20,21)/p-1. The van der Waals surface area contributed by atoms with Crippen molar-refractivity contribution >= 4 is 21.7 Å². The quantitative estimate of drug-likeness (QED) is 0.921. The Morgan fingerprint density at radius 2 is 1.62 bits per heavy atom. The molecule has 0 amide bonds. The van der Waals surface area contributed by atoms with Gasteiger partial charge >= 0.3 is 0 Å². The van der Waals surface area contributed by atoms with Gasteiger partial charge < -0.3 is 9.90 Å². The smallest absolute Gasteiger partial charge is 0.261 e. The Morgan fingerprint density at radius 3 is 2.12 bits per heavy atom. The summed E-state index contributed by atoms with van der Waals surface area (Å²) in [4.78, 5) is 11.1. The largest absolute Gasteiger partial charge is 0.545 e. The normalized spacial score (nSPS) is 12.0. The van der Waals surface area contributed by atoms with E-state index in [1.54, 1.807) is 31.2 Å². The molecule has 0 bridgehead atoms. The lowest BCUT2D eigenvalue weighted by atomic mass is 9.87. The van der Waals surface area contributed by atoms with Crippen molar-refractivity contribution in [1.82, 2.24) is 0 Å². The molecule has 0 aliphatic carbocycles. The first kappa shape index (κ1) is 18.0. The van der Waals surface area contributed by atoms with Crippen LogP contribution in [0.2, 0.25) is 0 Å². The predicted octanol–water partition coefficient (Wildman–Crippen LogP) is 2.46. The summed E-state index contributed by atoms with van der Waals surface area (Å²) in [6, 6.07) is 10.8. The van der Waals surface area contributed by atoms with Gasteiger partial charge in [0.1, 0.15) is 0 Å². The SMILES string of the molecule is Cc1ccc(C(=O)[O-])cc1NS(=O)(=O)c1ccc(C(C)(C)C)cc1. The number of benzene rings is 2. The van der Waals surface area contributed by atoms with Crippen LogP contribution in [0.4, 0.5) is 5.69 Å². The topological polar surface area (TPSA) is 86.3 Å². The van der Waals surface area contributed by atoms with Gasteiger partial charge in [-0.1, -0.05) is 45.0 Å². The maximum Gasteiger partial charge on any atom is 0.261 e. The van der Waals surface area contributed by atoms with Gasteiger partial charge in [-0.25, -0.2) is 8.42 Å². The maximum atomic E-state index is 12.5. The van der Waals surface area contributed by atoms with Crippen LogP contribution in [-0.4, -0.2) is 14.4 Å². The van der Waals surface area contributed by atoms with Crippen LogP contribution in [0.3, 0.4) is 0 Å². The van der Waals surface area contributed by atoms with Crippen molar-refractivity contribution in [2.24, 2.45) is 0 Å². The summed E-state index contributed by atoms with van der Waals surface area (Å²) >= 11 is 0. The molecule has 0 fully saturated rings. The lowest BCUT2D eigenvalue weighted by Crippen LogP contribution is -2.22. The minimum absolute atomic E-state index is 0.0743. The van der Waals surface area contributed by atoms with E-state index < -0.39 is 16.0 Å². The molecule has 0 atom stereocenters. The number of carbonyl (C=O) groups is 1. The van der Waals surface area contributed by atoms with Gasteiger partial charge in [-0.05, 0) is 47.2 Å². The molecular weight excluding hydrogens is 326 g/mol. The van der Waals surface area contributed by atoms with E-state index in [9.17, 15) is 18.3 Å². The summed E-state index contributed by atoms with van der Waals surface area (Å²) in [5.41, 5.74) is 1.71. The zero-order valence-electron chi connectivity index (χ0n) is 14.1. The molecule has 2 rings (SSSR count). The Hall–Kier alpha value is -2.34. The number of carboxylic acids is 1. The highest BCUT2D eigenvalue weighted by Crippen LogP contribution is 2.25. The molecule has 6 heteroatoms. The van der Waals surface area contributed by atoms with Crippen LogP contribution in [-0.2, 0) is 15.4 Å². The molecule has 0 aliphatic heterocycles. The predicted molar refractivity (Wildman–Crippen MR) is 91.5 cm³/mol. The zero-order chi connectivity index (χ0) is 18.1. The van der Waals surface area contributed by atoms with E-state index in [1.807, 2.05) is 20.8 Å². The number of sulfonamides is 1. The van der Waals surface area contributed by atoms with Crippen LogP contribution in [0.15, 0.2) is 47.4 Å². The summed E-state index contributed by atoms with van der Waals surface area (Å²) < 4.78 is 27.5. The van der Waals surface area contributed by atoms with E-state index in [0.29, 0.717) is 5.56 Å². The highest BCUT2D eigenvalue weighted by Gasteiger charge is 2.18. The Labute approximate surface area is 142 Å². The number of aryl methyl sites for hydroxylation is 1. The average molecular weight is 346 g/mol. The number of nitrogens with one attached hydrogen (secondary N) is 1. The third-order valence-electron chi connectivity index (χ3n) is 3.75. The van der Waals surface area contributed by atoms with Gasteiger partial charge in [0.2, 0.25) is 0 Å². The molecule has 5 nitrogen and oxygen atoms in total. The number of carboxylic acid groups (broad SMARTS) is 1. The Morgan fingerprint density at radius 1 is 1.04 bits per heavy atom. The first-order valence-corrected chi connectivity index (χ1v) is 8.94. The molecular formula is C18H20NO4S-. The second-order valence-electron chi connectivity index (χ2n) is 6.70. The van der Waals surface area contributed by atoms with Gasteiger partial charge in [0, 0.05) is 0 Å². The Kier molecular flexibility index (Phi) is 4.71. The second kappa shape index (κ2) is 6.28. The lowest BCUT2D eigenvalue weighted by Gasteiger charge is -2.19. The van der Waals surface area contributed by atoms with Crippen LogP contribution in [0.1, 0.15) is 42.3 Å². The maximum absolute atomic E-state index is 12.5. The van der Waals surface area contributed by atoms with Crippen molar-refractivity contribution in [2.45, 2.75) is 38.0 Å². The van der Waals surface area contributed by atoms with E-state index in [0.717, 1.165) is 5.56 Å². The number of hydrogen-bond donors (Lipinski definition) is 1. The molecule has 0 saturated heterocycles. The number of aromatic carboxylic acids is 1. The highest BCUT2D eigenvalue weighted by atomic mass is 32.2. The average Bonchev–Trinajstić information content (AvgIpc) is 2.48. The summed E-state index contributed by atoms with van der Waals surface area (Å²) in [5.74, 6) is -1.36. The van der Waals surface area contributed by atoms with Gasteiger partial charge in [-0.3, -0.25) is 4.72 Å².